The summed E-state index contributed by atoms with van der Waals surface area (Å²) >= 11 is 5.53. The zero-order valence-electron chi connectivity index (χ0n) is 10.5. The summed E-state index contributed by atoms with van der Waals surface area (Å²) in [5.74, 6) is -0.139. The van der Waals surface area contributed by atoms with Crippen LogP contribution in [-0.4, -0.2) is 25.5 Å². The van der Waals surface area contributed by atoms with Crippen molar-refractivity contribution < 1.29 is 4.79 Å². The van der Waals surface area contributed by atoms with E-state index in [0.29, 0.717) is 12.2 Å². The van der Waals surface area contributed by atoms with Crippen molar-refractivity contribution in [2.45, 2.75) is 20.0 Å². The molecule has 19 heavy (non-hydrogen) atoms. The molecular weight excluding hydrogens is 425 g/mol. The third-order valence-corrected chi connectivity index (χ3v) is 4.17. The third-order valence-electron chi connectivity index (χ3n) is 2.72. The maximum absolute atomic E-state index is 12.1. The van der Waals surface area contributed by atoms with Crippen LogP contribution in [0.25, 0.3) is 0 Å². The highest BCUT2D eigenvalue weighted by Gasteiger charge is 2.16. The van der Waals surface area contributed by atoms with Gasteiger partial charge in [0.05, 0.1) is 32.7 Å². The second-order valence-corrected chi connectivity index (χ2v) is 5.92. The van der Waals surface area contributed by atoms with Gasteiger partial charge in [-0.1, -0.05) is 0 Å². The molecule has 102 valence electrons. The standard InChI is InChI=1S/C11H13BrIN5O/c1-3-18-9(7(12)4-16-18)6-14-11(19)10-8(13)5-15-17(10)2/h4-5H,3,6H2,1-2H3,(H,14,19). The topological polar surface area (TPSA) is 64.7 Å². The van der Waals surface area contributed by atoms with Crippen molar-refractivity contribution >= 4 is 44.4 Å². The lowest BCUT2D eigenvalue weighted by atomic mass is 10.3. The zero-order valence-corrected chi connectivity index (χ0v) is 14.3. The number of amides is 1. The van der Waals surface area contributed by atoms with E-state index in [-0.39, 0.29) is 5.91 Å². The number of hydrogen-bond acceptors (Lipinski definition) is 3. The molecule has 0 spiro atoms. The number of halogens is 2. The normalized spacial score (nSPS) is 10.7. The summed E-state index contributed by atoms with van der Waals surface area (Å²) in [7, 11) is 1.75. The number of carbonyl (C=O) groups is 1. The smallest absolute Gasteiger partial charge is 0.270 e. The van der Waals surface area contributed by atoms with E-state index in [4.69, 9.17) is 0 Å². The molecule has 2 aromatic heterocycles. The molecule has 0 saturated carbocycles. The van der Waals surface area contributed by atoms with E-state index < -0.39 is 0 Å². The third kappa shape index (κ3) is 2.99. The largest absolute Gasteiger partial charge is 0.345 e. The molecular formula is C11H13BrIN5O. The van der Waals surface area contributed by atoms with E-state index in [1.165, 1.54) is 0 Å². The molecule has 0 saturated heterocycles. The first kappa shape index (κ1) is 14.5. The van der Waals surface area contributed by atoms with Gasteiger partial charge in [0.1, 0.15) is 5.69 Å². The number of aryl methyl sites for hydroxylation is 2. The summed E-state index contributed by atoms with van der Waals surface area (Å²) in [6.07, 6.45) is 3.40. The van der Waals surface area contributed by atoms with Gasteiger partial charge < -0.3 is 5.32 Å². The minimum atomic E-state index is -0.139. The van der Waals surface area contributed by atoms with E-state index in [1.54, 1.807) is 24.1 Å². The summed E-state index contributed by atoms with van der Waals surface area (Å²) < 4.78 is 5.15. The lowest BCUT2D eigenvalue weighted by molar-refractivity contribution is 0.0939. The first-order valence-electron chi connectivity index (χ1n) is 5.70. The molecule has 2 heterocycles. The highest BCUT2D eigenvalue weighted by Crippen LogP contribution is 2.16. The summed E-state index contributed by atoms with van der Waals surface area (Å²) in [5.41, 5.74) is 1.52. The fraction of sp³-hybridized carbons (Fsp3) is 0.364. The van der Waals surface area contributed by atoms with E-state index in [0.717, 1.165) is 20.3 Å². The van der Waals surface area contributed by atoms with Crippen molar-refractivity contribution in [3.05, 3.63) is 31.8 Å². The second kappa shape index (κ2) is 6.04. The van der Waals surface area contributed by atoms with Gasteiger partial charge in [-0.05, 0) is 45.4 Å². The minimum absolute atomic E-state index is 0.139. The Morgan fingerprint density at radius 3 is 2.79 bits per heavy atom. The van der Waals surface area contributed by atoms with Crippen LogP contribution in [-0.2, 0) is 20.1 Å². The molecule has 8 heteroatoms. The maximum atomic E-state index is 12.1. The average Bonchev–Trinajstić information content (AvgIpc) is 2.90. The minimum Gasteiger partial charge on any atom is -0.345 e. The molecule has 0 bridgehead atoms. The van der Waals surface area contributed by atoms with Crippen LogP contribution >= 0.6 is 38.5 Å². The summed E-state index contributed by atoms with van der Waals surface area (Å²) in [6.45, 7) is 3.20. The van der Waals surface area contributed by atoms with Gasteiger partial charge >= 0.3 is 0 Å². The first-order valence-corrected chi connectivity index (χ1v) is 7.57. The molecule has 0 aromatic carbocycles. The zero-order chi connectivity index (χ0) is 14.0. The first-order chi connectivity index (χ1) is 9.04. The Kier molecular flexibility index (Phi) is 4.61. The highest BCUT2D eigenvalue weighted by molar-refractivity contribution is 14.1. The molecule has 0 aliphatic rings. The Labute approximate surface area is 132 Å². The predicted octanol–water partition coefficient (Wildman–Crippen LogP) is 1.93. The maximum Gasteiger partial charge on any atom is 0.270 e. The molecule has 0 fully saturated rings. The Bertz CT molecular complexity index is 587. The summed E-state index contributed by atoms with van der Waals surface area (Å²) in [5, 5.41) is 11.2. The molecule has 1 amide bonds. The van der Waals surface area contributed by atoms with Crippen molar-refractivity contribution in [3.8, 4) is 0 Å². The van der Waals surface area contributed by atoms with Crippen LogP contribution < -0.4 is 5.32 Å². The fourth-order valence-electron chi connectivity index (χ4n) is 1.75. The van der Waals surface area contributed by atoms with Gasteiger partial charge in [0.25, 0.3) is 5.91 Å². The van der Waals surface area contributed by atoms with Crippen LogP contribution in [0.1, 0.15) is 23.1 Å². The Morgan fingerprint density at radius 2 is 2.21 bits per heavy atom. The number of hydrogen-bond donors (Lipinski definition) is 1. The quantitative estimate of drug-likeness (QED) is 0.743. The number of nitrogens with zero attached hydrogens (tertiary/aromatic N) is 4. The van der Waals surface area contributed by atoms with Gasteiger partial charge in [-0.3, -0.25) is 14.2 Å². The van der Waals surface area contributed by atoms with E-state index in [1.807, 2.05) is 11.6 Å². The van der Waals surface area contributed by atoms with Gasteiger partial charge in [0.2, 0.25) is 0 Å². The van der Waals surface area contributed by atoms with Crippen molar-refractivity contribution in [1.82, 2.24) is 24.9 Å². The molecule has 1 N–H and O–H groups in total. The highest BCUT2D eigenvalue weighted by atomic mass is 127. The van der Waals surface area contributed by atoms with Crippen LogP contribution in [0, 0.1) is 3.57 Å². The molecule has 2 rings (SSSR count). The van der Waals surface area contributed by atoms with Crippen molar-refractivity contribution in [3.63, 3.8) is 0 Å². The van der Waals surface area contributed by atoms with Gasteiger partial charge in [-0.25, -0.2) is 0 Å². The van der Waals surface area contributed by atoms with Crippen molar-refractivity contribution in [2.24, 2.45) is 7.05 Å². The Morgan fingerprint density at radius 1 is 1.47 bits per heavy atom. The van der Waals surface area contributed by atoms with Crippen molar-refractivity contribution in [2.75, 3.05) is 0 Å². The van der Waals surface area contributed by atoms with Crippen LogP contribution in [0.15, 0.2) is 16.9 Å². The molecule has 0 atom stereocenters. The molecule has 0 unspecified atom stereocenters. The molecule has 0 aliphatic carbocycles. The number of carbonyl (C=O) groups excluding carboxylic acids is 1. The number of aromatic nitrogens is 4. The van der Waals surface area contributed by atoms with Crippen LogP contribution in [0.3, 0.4) is 0 Å². The number of rotatable bonds is 4. The molecule has 0 radical (unpaired) electrons. The van der Waals surface area contributed by atoms with Crippen LogP contribution in [0.2, 0.25) is 0 Å². The Balaban J connectivity index is 2.11. The van der Waals surface area contributed by atoms with E-state index in [9.17, 15) is 4.79 Å². The molecule has 2 aromatic rings. The second-order valence-electron chi connectivity index (χ2n) is 3.90. The summed E-state index contributed by atoms with van der Waals surface area (Å²) in [4.78, 5) is 12.1. The van der Waals surface area contributed by atoms with Crippen LogP contribution in [0.4, 0.5) is 0 Å². The van der Waals surface area contributed by atoms with E-state index in [2.05, 4.69) is 54.0 Å². The van der Waals surface area contributed by atoms with Gasteiger partial charge in [0, 0.05) is 13.6 Å². The van der Waals surface area contributed by atoms with Crippen LogP contribution in [0.5, 0.6) is 0 Å². The van der Waals surface area contributed by atoms with Crippen molar-refractivity contribution in [1.29, 1.82) is 0 Å². The SMILES string of the molecule is CCn1ncc(Br)c1CNC(=O)c1c(I)cnn1C. The summed E-state index contributed by atoms with van der Waals surface area (Å²) in [6, 6.07) is 0. The monoisotopic (exact) mass is 437 g/mol. The molecule has 0 aliphatic heterocycles. The lowest BCUT2D eigenvalue weighted by Crippen LogP contribution is -2.27. The van der Waals surface area contributed by atoms with Gasteiger partial charge in [-0.15, -0.1) is 0 Å². The predicted molar refractivity (Wildman–Crippen MR) is 82.7 cm³/mol. The van der Waals surface area contributed by atoms with Gasteiger partial charge in [-0.2, -0.15) is 10.2 Å². The van der Waals surface area contributed by atoms with Gasteiger partial charge in [0.15, 0.2) is 0 Å². The lowest BCUT2D eigenvalue weighted by Gasteiger charge is -2.08. The van der Waals surface area contributed by atoms with E-state index >= 15 is 0 Å². The Hall–Kier alpha value is -0.900. The molecule has 6 nitrogen and oxygen atoms in total. The average molecular weight is 438 g/mol. The fourth-order valence-corrected chi connectivity index (χ4v) is 2.90. The number of nitrogens with one attached hydrogen (secondary N) is 1.